The van der Waals surface area contributed by atoms with Crippen LogP contribution in [0.15, 0.2) is 65.6 Å². The standard InChI is InChI=1S/C17H20OSSe/c1-17(2,3)16(20-15-12-8-5-9-13-15)19(18)14-10-6-4-7-11-14/h4-13,16H,1-3H3. The number of rotatable bonds is 4. The van der Waals surface area contributed by atoms with Crippen molar-refractivity contribution in [2.45, 2.75) is 29.8 Å². The van der Waals surface area contributed by atoms with Gasteiger partial charge in [-0.1, -0.05) is 0 Å². The minimum atomic E-state index is -0.963. The predicted molar refractivity (Wildman–Crippen MR) is 87.9 cm³/mol. The van der Waals surface area contributed by atoms with Gasteiger partial charge in [-0.25, -0.2) is 0 Å². The number of hydrogen-bond donors (Lipinski definition) is 0. The van der Waals surface area contributed by atoms with E-state index in [1.807, 2.05) is 36.4 Å². The van der Waals surface area contributed by atoms with Crippen molar-refractivity contribution in [2.75, 3.05) is 0 Å². The van der Waals surface area contributed by atoms with Crippen molar-refractivity contribution in [1.82, 2.24) is 0 Å². The number of benzene rings is 2. The Labute approximate surface area is 130 Å². The van der Waals surface area contributed by atoms with Gasteiger partial charge in [0.05, 0.1) is 0 Å². The zero-order chi connectivity index (χ0) is 14.6. The van der Waals surface area contributed by atoms with Crippen LogP contribution in [0.4, 0.5) is 0 Å². The molecule has 0 aliphatic heterocycles. The van der Waals surface area contributed by atoms with Crippen LogP contribution < -0.4 is 4.46 Å². The minimum absolute atomic E-state index is 0.0243. The third-order valence-electron chi connectivity index (χ3n) is 2.86. The summed E-state index contributed by atoms with van der Waals surface area (Å²) in [5.41, 5.74) is 0.0243. The summed E-state index contributed by atoms with van der Waals surface area (Å²) in [5.74, 6) is 0. The molecule has 0 saturated heterocycles. The summed E-state index contributed by atoms with van der Waals surface area (Å²) in [4.78, 5) is 0.935. The Morgan fingerprint density at radius 2 is 1.40 bits per heavy atom. The fourth-order valence-corrected chi connectivity index (χ4v) is 6.99. The van der Waals surface area contributed by atoms with E-state index in [9.17, 15) is 4.21 Å². The van der Waals surface area contributed by atoms with Crippen LogP contribution in [0.5, 0.6) is 0 Å². The predicted octanol–water partition coefficient (Wildman–Crippen LogP) is 3.20. The van der Waals surface area contributed by atoms with E-state index in [4.69, 9.17) is 0 Å². The normalized spacial score (nSPS) is 14.8. The molecule has 2 atom stereocenters. The van der Waals surface area contributed by atoms with E-state index >= 15 is 0 Å². The molecule has 0 bridgehead atoms. The van der Waals surface area contributed by atoms with E-state index in [-0.39, 0.29) is 24.5 Å². The summed E-state index contributed by atoms with van der Waals surface area (Å²) >= 11 is 0.195. The first kappa shape index (κ1) is 15.5. The summed E-state index contributed by atoms with van der Waals surface area (Å²) in [5, 5.41) is 0. The van der Waals surface area contributed by atoms with E-state index in [2.05, 4.69) is 45.0 Å². The van der Waals surface area contributed by atoms with E-state index in [0.29, 0.717) is 0 Å². The molecule has 1 nitrogen and oxygen atoms in total. The Hall–Kier alpha value is -0.891. The number of hydrogen-bond acceptors (Lipinski definition) is 1. The molecule has 2 aromatic carbocycles. The SMILES string of the molecule is CC(C)(C)C([Se]c1ccccc1)S(=O)c1ccccc1. The molecule has 0 heterocycles. The van der Waals surface area contributed by atoms with Gasteiger partial charge in [-0.3, -0.25) is 0 Å². The van der Waals surface area contributed by atoms with Gasteiger partial charge in [0, 0.05) is 0 Å². The van der Waals surface area contributed by atoms with Gasteiger partial charge in [-0.05, 0) is 0 Å². The van der Waals surface area contributed by atoms with Gasteiger partial charge in [0.15, 0.2) is 0 Å². The molecule has 0 aliphatic rings. The van der Waals surface area contributed by atoms with Crippen molar-refractivity contribution in [3.63, 3.8) is 0 Å². The first-order valence-corrected chi connectivity index (χ1v) is 9.71. The Kier molecular flexibility index (Phi) is 5.20. The summed E-state index contributed by atoms with van der Waals surface area (Å²) in [6.07, 6.45) is 0. The summed E-state index contributed by atoms with van der Waals surface area (Å²) in [6, 6.07) is 20.2. The molecule has 106 valence electrons. The molecule has 0 N–H and O–H groups in total. The van der Waals surface area contributed by atoms with Crippen molar-refractivity contribution in [1.29, 1.82) is 0 Å². The van der Waals surface area contributed by atoms with E-state index in [1.165, 1.54) is 4.46 Å². The van der Waals surface area contributed by atoms with Crippen LogP contribution in [0.2, 0.25) is 0 Å². The van der Waals surface area contributed by atoms with Crippen LogP contribution in [0.25, 0.3) is 0 Å². The van der Waals surface area contributed by atoms with Gasteiger partial charge in [0.1, 0.15) is 0 Å². The van der Waals surface area contributed by atoms with Crippen LogP contribution in [-0.2, 0) is 10.8 Å². The molecular formula is C17H20OSSe. The van der Waals surface area contributed by atoms with Gasteiger partial charge in [-0.2, -0.15) is 0 Å². The monoisotopic (exact) mass is 352 g/mol. The maximum atomic E-state index is 12.9. The van der Waals surface area contributed by atoms with Crippen LogP contribution in [0, 0.1) is 5.41 Å². The Morgan fingerprint density at radius 3 is 1.90 bits per heavy atom. The Morgan fingerprint density at radius 1 is 0.900 bits per heavy atom. The Balaban J connectivity index is 2.27. The zero-order valence-electron chi connectivity index (χ0n) is 12.1. The molecule has 0 amide bonds. The van der Waals surface area contributed by atoms with E-state index in [1.54, 1.807) is 0 Å². The van der Waals surface area contributed by atoms with Crippen molar-refractivity contribution in [3.05, 3.63) is 60.7 Å². The summed E-state index contributed by atoms with van der Waals surface area (Å²) in [6.45, 7) is 6.55. The van der Waals surface area contributed by atoms with Crippen LogP contribution >= 0.6 is 0 Å². The molecule has 2 unspecified atom stereocenters. The topological polar surface area (TPSA) is 17.1 Å². The third-order valence-corrected chi connectivity index (χ3v) is 9.37. The molecule has 3 heteroatoms. The van der Waals surface area contributed by atoms with Gasteiger partial charge >= 0.3 is 130 Å². The van der Waals surface area contributed by atoms with Crippen LogP contribution in [-0.4, -0.2) is 23.3 Å². The average molecular weight is 351 g/mol. The molecule has 2 rings (SSSR count). The fraction of sp³-hybridized carbons (Fsp3) is 0.294. The summed E-state index contributed by atoms with van der Waals surface area (Å²) < 4.78 is 14.4. The van der Waals surface area contributed by atoms with Crippen molar-refractivity contribution in [2.24, 2.45) is 5.41 Å². The maximum absolute atomic E-state index is 12.9. The van der Waals surface area contributed by atoms with Crippen LogP contribution in [0.1, 0.15) is 20.8 Å². The second-order valence-electron chi connectivity index (χ2n) is 5.74. The first-order chi connectivity index (χ1) is 9.48. The van der Waals surface area contributed by atoms with Gasteiger partial charge < -0.3 is 0 Å². The molecule has 0 aromatic heterocycles. The molecule has 20 heavy (non-hydrogen) atoms. The van der Waals surface area contributed by atoms with Crippen molar-refractivity contribution in [3.8, 4) is 0 Å². The molecular weight excluding hydrogens is 331 g/mol. The Bertz CT molecular complexity index is 561. The van der Waals surface area contributed by atoms with E-state index in [0.717, 1.165) is 4.90 Å². The molecule has 0 fully saturated rings. The van der Waals surface area contributed by atoms with Crippen molar-refractivity contribution >= 4 is 30.2 Å². The molecule has 0 saturated carbocycles. The average Bonchev–Trinajstić information content (AvgIpc) is 2.45. The second kappa shape index (κ2) is 6.71. The van der Waals surface area contributed by atoms with Gasteiger partial charge in [0.2, 0.25) is 0 Å². The molecule has 2 aromatic rings. The van der Waals surface area contributed by atoms with Crippen molar-refractivity contribution < 1.29 is 4.21 Å². The van der Waals surface area contributed by atoms with Crippen LogP contribution in [0.3, 0.4) is 0 Å². The van der Waals surface area contributed by atoms with Gasteiger partial charge in [-0.15, -0.1) is 0 Å². The first-order valence-electron chi connectivity index (χ1n) is 6.66. The zero-order valence-corrected chi connectivity index (χ0v) is 14.6. The fourth-order valence-electron chi connectivity index (χ4n) is 1.84. The molecule has 0 radical (unpaired) electrons. The quantitative estimate of drug-likeness (QED) is 0.773. The molecule has 0 aliphatic carbocycles. The third kappa shape index (κ3) is 4.05. The van der Waals surface area contributed by atoms with Gasteiger partial charge in [0.25, 0.3) is 0 Å². The second-order valence-corrected chi connectivity index (χ2v) is 10.4. The molecule has 0 spiro atoms. The van der Waals surface area contributed by atoms with E-state index < -0.39 is 10.8 Å². The summed E-state index contributed by atoms with van der Waals surface area (Å²) in [7, 11) is -0.963.